The van der Waals surface area contributed by atoms with Gasteiger partial charge in [0.15, 0.2) is 5.96 Å². The number of thioether (sulfide) groups is 1. The molecular formula is C19H26N4OS. The maximum Gasteiger partial charge on any atom is 0.188 e. The van der Waals surface area contributed by atoms with Crippen LogP contribution in [0.4, 0.5) is 0 Å². The molecule has 0 amide bonds. The summed E-state index contributed by atoms with van der Waals surface area (Å²) in [5, 5.41) is 3.14. The standard InChI is InChI=1S/C19H26N4OS/c1-15(14-25-18-9-4-3-8-17(18)24-2)13-23-19(20)22-12-10-16-7-5-6-11-21-16/h3-9,11,15H,10,12-14H2,1-2H3,(H3,20,22,23). The zero-order valence-electron chi connectivity index (χ0n) is 14.8. The van der Waals surface area contributed by atoms with Crippen LogP contribution in [0.3, 0.4) is 0 Å². The number of aromatic nitrogens is 1. The molecule has 1 aromatic heterocycles. The molecule has 1 atom stereocenters. The van der Waals surface area contributed by atoms with Crippen LogP contribution in [0.2, 0.25) is 0 Å². The highest BCUT2D eigenvalue weighted by atomic mass is 32.2. The molecule has 0 saturated carbocycles. The summed E-state index contributed by atoms with van der Waals surface area (Å²) in [6.07, 6.45) is 2.63. The zero-order chi connectivity index (χ0) is 17.9. The molecule has 6 heteroatoms. The Morgan fingerprint density at radius 1 is 1.28 bits per heavy atom. The fourth-order valence-corrected chi connectivity index (χ4v) is 3.24. The number of aliphatic imine (C=N–C) groups is 1. The molecule has 3 N–H and O–H groups in total. The number of pyridine rings is 1. The van der Waals surface area contributed by atoms with Crippen LogP contribution in [0.5, 0.6) is 5.75 Å². The summed E-state index contributed by atoms with van der Waals surface area (Å²) < 4.78 is 5.37. The van der Waals surface area contributed by atoms with E-state index in [4.69, 9.17) is 10.5 Å². The summed E-state index contributed by atoms with van der Waals surface area (Å²) in [4.78, 5) is 9.87. The molecule has 2 rings (SSSR count). The predicted molar refractivity (Wildman–Crippen MR) is 105 cm³/mol. The van der Waals surface area contributed by atoms with E-state index in [2.05, 4.69) is 28.3 Å². The average molecular weight is 359 g/mol. The van der Waals surface area contributed by atoms with E-state index < -0.39 is 0 Å². The monoisotopic (exact) mass is 358 g/mol. The summed E-state index contributed by atoms with van der Waals surface area (Å²) in [6.45, 7) is 3.61. The summed E-state index contributed by atoms with van der Waals surface area (Å²) in [5.74, 6) is 2.79. The molecule has 0 radical (unpaired) electrons. The molecular weight excluding hydrogens is 332 g/mol. The number of nitrogens with one attached hydrogen (secondary N) is 1. The van der Waals surface area contributed by atoms with Crippen LogP contribution in [-0.2, 0) is 6.42 Å². The maximum atomic E-state index is 5.93. The Labute approximate surface area is 154 Å². The molecule has 25 heavy (non-hydrogen) atoms. The van der Waals surface area contributed by atoms with E-state index in [0.29, 0.717) is 18.4 Å². The van der Waals surface area contributed by atoms with E-state index in [0.717, 1.165) is 35.1 Å². The van der Waals surface area contributed by atoms with Crippen molar-refractivity contribution < 1.29 is 4.74 Å². The molecule has 0 aliphatic heterocycles. The third kappa shape index (κ3) is 7.05. The second kappa shape index (κ2) is 10.6. The highest BCUT2D eigenvalue weighted by Crippen LogP contribution is 2.29. The number of nitrogens with two attached hydrogens (primary N) is 1. The third-order valence-corrected chi connectivity index (χ3v) is 4.96. The smallest absolute Gasteiger partial charge is 0.188 e. The first-order valence-electron chi connectivity index (χ1n) is 8.38. The molecule has 2 aromatic rings. The molecule has 0 saturated heterocycles. The van der Waals surface area contributed by atoms with Crippen molar-refractivity contribution in [1.29, 1.82) is 0 Å². The van der Waals surface area contributed by atoms with E-state index in [1.165, 1.54) is 0 Å². The molecule has 1 heterocycles. The first kappa shape index (κ1) is 19.1. The summed E-state index contributed by atoms with van der Waals surface area (Å²) in [6, 6.07) is 14.0. The SMILES string of the molecule is COc1ccccc1SCC(C)CN=C(N)NCCc1ccccn1. The second-order valence-corrected chi connectivity index (χ2v) is 6.85. The van der Waals surface area contributed by atoms with Crippen molar-refractivity contribution in [1.82, 2.24) is 10.3 Å². The van der Waals surface area contributed by atoms with Gasteiger partial charge in [0.1, 0.15) is 5.75 Å². The lowest BCUT2D eigenvalue weighted by Gasteiger charge is -2.12. The van der Waals surface area contributed by atoms with E-state index in [-0.39, 0.29) is 0 Å². The van der Waals surface area contributed by atoms with E-state index in [9.17, 15) is 0 Å². The van der Waals surface area contributed by atoms with E-state index in [1.54, 1.807) is 25.1 Å². The first-order valence-corrected chi connectivity index (χ1v) is 9.37. The van der Waals surface area contributed by atoms with Gasteiger partial charge in [-0.1, -0.05) is 25.1 Å². The normalized spacial score (nSPS) is 12.6. The van der Waals surface area contributed by atoms with Crippen LogP contribution in [-0.4, -0.2) is 36.9 Å². The molecule has 0 fully saturated rings. The fourth-order valence-electron chi connectivity index (χ4n) is 2.20. The summed E-state index contributed by atoms with van der Waals surface area (Å²) >= 11 is 1.78. The number of guanidine groups is 1. The van der Waals surface area contributed by atoms with Gasteiger partial charge in [0.25, 0.3) is 0 Å². The fraction of sp³-hybridized carbons (Fsp3) is 0.368. The Bertz CT molecular complexity index is 663. The number of nitrogens with zero attached hydrogens (tertiary/aromatic N) is 2. The van der Waals surface area contributed by atoms with Crippen LogP contribution >= 0.6 is 11.8 Å². The maximum absolute atomic E-state index is 5.93. The largest absolute Gasteiger partial charge is 0.496 e. The second-order valence-electron chi connectivity index (χ2n) is 5.79. The minimum Gasteiger partial charge on any atom is -0.496 e. The van der Waals surface area contributed by atoms with E-state index >= 15 is 0 Å². The Morgan fingerprint density at radius 3 is 2.84 bits per heavy atom. The Kier molecular flexibility index (Phi) is 8.12. The van der Waals surface area contributed by atoms with Gasteiger partial charge in [-0.3, -0.25) is 9.98 Å². The number of hydrogen-bond donors (Lipinski definition) is 2. The van der Waals surface area contributed by atoms with Crippen molar-refractivity contribution in [2.45, 2.75) is 18.2 Å². The summed E-state index contributed by atoms with van der Waals surface area (Å²) in [5.41, 5.74) is 6.98. The lowest BCUT2D eigenvalue weighted by atomic mass is 10.2. The van der Waals surface area contributed by atoms with Crippen LogP contribution < -0.4 is 15.8 Å². The summed E-state index contributed by atoms with van der Waals surface area (Å²) in [7, 11) is 1.70. The van der Waals surface area contributed by atoms with Crippen molar-refractivity contribution in [3.8, 4) is 5.75 Å². The zero-order valence-corrected chi connectivity index (χ0v) is 15.6. The first-order chi connectivity index (χ1) is 12.2. The predicted octanol–water partition coefficient (Wildman–Crippen LogP) is 2.97. The van der Waals surface area contributed by atoms with Gasteiger partial charge in [-0.25, -0.2) is 0 Å². The van der Waals surface area contributed by atoms with Crippen LogP contribution in [0.25, 0.3) is 0 Å². The number of benzene rings is 1. The highest BCUT2D eigenvalue weighted by Gasteiger charge is 2.06. The van der Waals surface area contributed by atoms with Crippen LogP contribution in [0, 0.1) is 5.92 Å². The number of rotatable bonds is 9. The van der Waals surface area contributed by atoms with Gasteiger partial charge in [-0.05, 0) is 30.2 Å². The minimum atomic E-state index is 0.422. The lowest BCUT2D eigenvalue weighted by molar-refractivity contribution is 0.405. The third-order valence-electron chi connectivity index (χ3n) is 3.58. The molecule has 0 spiro atoms. The van der Waals surface area contributed by atoms with Gasteiger partial charge in [-0.2, -0.15) is 0 Å². The number of methoxy groups -OCH3 is 1. The van der Waals surface area contributed by atoms with Gasteiger partial charge in [0.05, 0.1) is 7.11 Å². The highest BCUT2D eigenvalue weighted by molar-refractivity contribution is 7.99. The van der Waals surface area contributed by atoms with Crippen molar-refractivity contribution in [3.05, 3.63) is 54.4 Å². The van der Waals surface area contributed by atoms with E-state index in [1.807, 2.05) is 36.4 Å². The van der Waals surface area contributed by atoms with Crippen molar-refractivity contribution in [2.75, 3.05) is 26.0 Å². The Morgan fingerprint density at radius 2 is 2.08 bits per heavy atom. The number of para-hydroxylation sites is 1. The lowest BCUT2D eigenvalue weighted by Crippen LogP contribution is -2.33. The van der Waals surface area contributed by atoms with Gasteiger partial charge >= 0.3 is 0 Å². The quantitative estimate of drug-likeness (QED) is 0.410. The molecule has 1 aromatic carbocycles. The van der Waals surface area contributed by atoms with Crippen molar-refractivity contribution in [3.63, 3.8) is 0 Å². The van der Waals surface area contributed by atoms with Gasteiger partial charge in [-0.15, -0.1) is 11.8 Å². The van der Waals surface area contributed by atoms with Gasteiger partial charge < -0.3 is 15.8 Å². The molecule has 1 unspecified atom stereocenters. The molecule has 0 bridgehead atoms. The minimum absolute atomic E-state index is 0.422. The Balaban J connectivity index is 1.69. The molecule has 0 aliphatic carbocycles. The average Bonchev–Trinajstić information content (AvgIpc) is 2.65. The van der Waals surface area contributed by atoms with Crippen molar-refractivity contribution in [2.24, 2.45) is 16.6 Å². The van der Waals surface area contributed by atoms with Crippen LogP contribution in [0.15, 0.2) is 58.5 Å². The van der Waals surface area contributed by atoms with Gasteiger partial charge in [0.2, 0.25) is 0 Å². The number of ether oxygens (including phenoxy) is 1. The molecule has 5 nitrogen and oxygen atoms in total. The topological polar surface area (TPSA) is 72.5 Å². The Hall–Kier alpha value is -2.21. The van der Waals surface area contributed by atoms with Crippen molar-refractivity contribution >= 4 is 17.7 Å². The molecule has 0 aliphatic rings. The van der Waals surface area contributed by atoms with Gasteiger partial charge in [0, 0.05) is 42.0 Å². The molecule has 134 valence electrons. The number of hydrogen-bond acceptors (Lipinski definition) is 4. The van der Waals surface area contributed by atoms with Crippen LogP contribution in [0.1, 0.15) is 12.6 Å².